The SMILES string of the molecule is N#C[C@@H](NC(=O)OCc1ccccc1)c1ccc2ccccc2c1. The normalized spacial score (nSPS) is 11.5. The number of alkyl carbamates (subject to hydrolysis) is 1. The molecule has 0 saturated carbocycles. The number of benzene rings is 3. The Morgan fingerprint density at radius 1 is 1.00 bits per heavy atom. The van der Waals surface area contributed by atoms with Crippen molar-refractivity contribution >= 4 is 16.9 Å². The highest BCUT2D eigenvalue weighted by molar-refractivity contribution is 5.83. The summed E-state index contributed by atoms with van der Waals surface area (Å²) >= 11 is 0. The van der Waals surface area contributed by atoms with Crippen LogP contribution >= 0.6 is 0 Å². The van der Waals surface area contributed by atoms with E-state index in [9.17, 15) is 10.1 Å². The highest BCUT2D eigenvalue weighted by Crippen LogP contribution is 2.20. The van der Waals surface area contributed by atoms with E-state index in [1.807, 2.05) is 72.8 Å². The number of nitrogens with zero attached hydrogens (tertiary/aromatic N) is 1. The summed E-state index contributed by atoms with van der Waals surface area (Å²) in [4.78, 5) is 11.9. The van der Waals surface area contributed by atoms with Gasteiger partial charge in [0.05, 0.1) is 6.07 Å². The maximum Gasteiger partial charge on any atom is 0.408 e. The fourth-order valence-corrected chi connectivity index (χ4v) is 2.46. The lowest BCUT2D eigenvalue weighted by molar-refractivity contribution is 0.137. The molecular weight excluding hydrogens is 300 g/mol. The molecule has 0 fully saturated rings. The van der Waals surface area contributed by atoms with Crippen molar-refractivity contribution in [3.63, 3.8) is 0 Å². The van der Waals surface area contributed by atoms with E-state index in [0.717, 1.165) is 21.9 Å². The Hall–Kier alpha value is -3.32. The van der Waals surface area contributed by atoms with Gasteiger partial charge >= 0.3 is 6.09 Å². The molecule has 1 N–H and O–H groups in total. The van der Waals surface area contributed by atoms with Crippen molar-refractivity contribution in [3.05, 3.63) is 83.9 Å². The van der Waals surface area contributed by atoms with Crippen molar-refractivity contribution in [1.29, 1.82) is 5.26 Å². The lowest BCUT2D eigenvalue weighted by Crippen LogP contribution is -2.28. The van der Waals surface area contributed by atoms with E-state index in [2.05, 4.69) is 11.4 Å². The summed E-state index contributed by atoms with van der Waals surface area (Å²) in [5, 5.41) is 14.1. The number of hydrogen-bond donors (Lipinski definition) is 1. The monoisotopic (exact) mass is 316 g/mol. The molecule has 118 valence electrons. The number of carbonyl (C=O) groups excluding carboxylic acids is 1. The molecule has 0 aromatic heterocycles. The number of carbonyl (C=O) groups is 1. The minimum absolute atomic E-state index is 0.169. The maximum atomic E-state index is 11.9. The summed E-state index contributed by atoms with van der Waals surface area (Å²) in [6.45, 7) is 0.169. The Kier molecular flexibility index (Phi) is 4.73. The first-order valence-corrected chi connectivity index (χ1v) is 7.62. The fourth-order valence-electron chi connectivity index (χ4n) is 2.46. The smallest absolute Gasteiger partial charge is 0.408 e. The van der Waals surface area contributed by atoms with Crippen molar-refractivity contribution in [2.75, 3.05) is 0 Å². The Balaban J connectivity index is 1.67. The molecule has 0 aliphatic carbocycles. The second kappa shape index (κ2) is 7.30. The summed E-state index contributed by atoms with van der Waals surface area (Å²) in [5.41, 5.74) is 1.62. The van der Waals surface area contributed by atoms with E-state index in [1.54, 1.807) is 0 Å². The third-order valence-corrected chi connectivity index (χ3v) is 3.71. The quantitative estimate of drug-likeness (QED) is 0.779. The standard InChI is InChI=1S/C20H16N2O2/c21-13-19(18-11-10-16-8-4-5-9-17(16)12-18)22-20(23)24-14-15-6-2-1-3-7-15/h1-12,19H,14H2,(H,22,23)/t19-/m1/s1. The zero-order chi connectivity index (χ0) is 16.8. The number of fused-ring (bicyclic) bond motifs is 1. The van der Waals surface area contributed by atoms with Gasteiger partial charge in [-0.3, -0.25) is 0 Å². The van der Waals surface area contributed by atoms with Crippen molar-refractivity contribution in [1.82, 2.24) is 5.32 Å². The molecule has 0 unspecified atom stereocenters. The van der Waals surface area contributed by atoms with Crippen LogP contribution in [0.5, 0.6) is 0 Å². The molecular formula is C20H16N2O2. The molecule has 1 atom stereocenters. The van der Waals surface area contributed by atoms with Gasteiger partial charge in [-0.1, -0.05) is 66.7 Å². The van der Waals surface area contributed by atoms with E-state index in [4.69, 9.17) is 4.74 Å². The number of nitriles is 1. The number of nitrogens with one attached hydrogen (secondary N) is 1. The number of ether oxygens (including phenoxy) is 1. The van der Waals surface area contributed by atoms with Crippen molar-refractivity contribution < 1.29 is 9.53 Å². The molecule has 4 nitrogen and oxygen atoms in total. The first-order chi connectivity index (χ1) is 11.8. The maximum absolute atomic E-state index is 11.9. The Morgan fingerprint density at radius 2 is 1.71 bits per heavy atom. The minimum Gasteiger partial charge on any atom is -0.445 e. The average Bonchev–Trinajstić information content (AvgIpc) is 2.65. The molecule has 1 amide bonds. The molecule has 3 aromatic rings. The van der Waals surface area contributed by atoms with Gasteiger partial charge in [-0.15, -0.1) is 0 Å². The van der Waals surface area contributed by atoms with E-state index >= 15 is 0 Å². The Morgan fingerprint density at radius 3 is 2.46 bits per heavy atom. The van der Waals surface area contributed by atoms with Crippen molar-refractivity contribution in [3.8, 4) is 6.07 Å². The summed E-state index contributed by atoms with van der Waals surface area (Å²) in [5.74, 6) is 0. The highest BCUT2D eigenvalue weighted by Gasteiger charge is 2.15. The molecule has 4 heteroatoms. The van der Waals surface area contributed by atoms with Crippen LogP contribution in [0.1, 0.15) is 17.2 Å². The van der Waals surface area contributed by atoms with Crippen LogP contribution in [0, 0.1) is 11.3 Å². The van der Waals surface area contributed by atoms with E-state index in [-0.39, 0.29) is 6.61 Å². The van der Waals surface area contributed by atoms with Gasteiger partial charge in [-0.05, 0) is 28.0 Å². The van der Waals surface area contributed by atoms with Gasteiger partial charge in [0.25, 0.3) is 0 Å². The first kappa shape index (κ1) is 15.6. The molecule has 3 rings (SSSR count). The van der Waals surface area contributed by atoms with Gasteiger partial charge in [0.15, 0.2) is 0 Å². The van der Waals surface area contributed by atoms with Crippen molar-refractivity contribution in [2.45, 2.75) is 12.6 Å². The molecule has 0 radical (unpaired) electrons. The van der Waals surface area contributed by atoms with E-state index in [1.165, 1.54) is 0 Å². The predicted octanol–water partition coefficient (Wildman–Crippen LogP) is 4.33. The predicted molar refractivity (Wildman–Crippen MR) is 92.1 cm³/mol. The molecule has 3 aromatic carbocycles. The molecule has 0 spiro atoms. The van der Waals surface area contributed by atoms with Gasteiger partial charge in [0.2, 0.25) is 0 Å². The summed E-state index contributed by atoms with van der Waals surface area (Å²) in [6.07, 6.45) is -0.612. The molecule has 0 saturated heterocycles. The van der Waals surface area contributed by atoms with Crippen LogP contribution in [0.15, 0.2) is 72.8 Å². The molecule has 24 heavy (non-hydrogen) atoms. The zero-order valence-corrected chi connectivity index (χ0v) is 13.0. The van der Waals surface area contributed by atoms with E-state index in [0.29, 0.717) is 0 Å². The summed E-state index contributed by atoms with van der Waals surface area (Å²) < 4.78 is 5.17. The average molecular weight is 316 g/mol. The molecule has 0 heterocycles. The lowest BCUT2D eigenvalue weighted by Gasteiger charge is -2.13. The lowest BCUT2D eigenvalue weighted by atomic mass is 10.0. The summed E-state index contributed by atoms with van der Waals surface area (Å²) in [7, 11) is 0. The van der Waals surface area contributed by atoms with Crippen LogP contribution in [0.2, 0.25) is 0 Å². The van der Waals surface area contributed by atoms with Gasteiger partial charge in [-0.25, -0.2) is 4.79 Å². The third-order valence-electron chi connectivity index (χ3n) is 3.71. The van der Waals surface area contributed by atoms with Gasteiger partial charge in [0.1, 0.15) is 12.6 Å². The third kappa shape index (κ3) is 3.71. The Labute approximate surface area is 140 Å². The number of rotatable bonds is 4. The number of hydrogen-bond acceptors (Lipinski definition) is 3. The van der Waals surface area contributed by atoms with Gasteiger partial charge in [0, 0.05) is 0 Å². The van der Waals surface area contributed by atoms with Gasteiger partial charge in [-0.2, -0.15) is 5.26 Å². The number of amides is 1. The molecule has 0 bridgehead atoms. The van der Waals surface area contributed by atoms with E-state index < -0.39 is 12.1 Å². The summed E-state index contributed by atoms with van der Waals surface area (Å²) in [6, 6.07) is 24.3. The fraction of sp³-hybridized carbons (Fsp3) is 0.100. The highest BCUT2D eigenvalue weighted by atomic mass is 16.5. The van der Waals surface area contributed by atoms with Crippen LogP contribution in [0.4, 0.5) is 4.79 Å². The zero-order valence-electron chi connectivity index (χ0n) is 13.0. The second-order valence-electron chi connectivity index (χ2n) is 5.37. The topological polar surface area (TPSA) is 62.1 Å². The first-order valence-electron chi connectivity index (χ1n) is 7.62. The van der Waals surface area contributed by atoms with Crippen LogP contribution in [0.25, 0.3) is 10.8 Å². The van der Waals surface area contributed by atoms with Crippen LogP contribution in [-0.2, 0) is 11.3 Å². The molecule has 0 aliphatic heterocycles. The van der Waals surface area contributed by atoms with Gasteiger partial charge < -0.3 is 10.1 Å². The second-order valence-corrected chi connectivity index (χ2v) is 5.37. The van der Waals surface area contributed by atoms with Crippen LogP contribution < -0.4 is 5.32 Å². The van der Waals surface area contributed by atoms with Crippen LogP contribution in [0.3, 0.4) is 0 Å². The Bertz CT molecular complexity index is 885. The minimum atomic E-state index is -0.752. The van der Waals surface area contributed by atoms with Crippen LogP contribution in [-0.4, -0.2) is 6.09 Å². The largest absolute Gasteiger partial charge is 0.445 e. The molecule has 0 aliphatic rings. The van der Waals surface area contributed by atoms with Crippen molar-refractivity contribution in [2.24, 2.45) is 0 Å².